The lowest BCUT2D eigenvalue weighted by Crippen LogP contribution is -2.23. The van der Waals surface area contributed by atoms with Crippen LogP contribution in [0.1, 0.15) is 17.0 Å². The monoisotopic (exact) mass is 183 g/mol. The molecule has 0 aromatic heterocycles. The zero-order valence-electron chi connectivity index (χ0n) is 7.54. The molecular formula is C11H9N3. The Bertz CT molecular complexity index is 446. The van der Waals surface area contributed by atoms with E-state index in [-0.39, 0.29) is 12.1 Å². The first kappa shape index (κ1) is 7.62. The van der Waals surface area contributed by atoms with E-state index in [9.17, 15) is 0 Å². The van der Waals surface area contributed by atoms with Crippen molar-refractivity contribution in [2.45, 2.75) is 12.1 Å². The molecule has 0 spiro atoms. The Morgan fingerprint density at radius 2 is 2.00 bits per heavy atom. The van der Waals surface area contributed by atoms with Gasteiger partial charge in [0.15, 0.2) is 6.17 Å². The molecule has 2 atom stereocenters. The summed E-state index contributed by atoms with van der Waals surface area (Å²) < 4.78 is 0. The second-order valence-corrected chi connectivity index (χ2v) is 3.41. The lowest BCUT2D eigenvalue weighted by molar-refractivity contribution is 0.660. The molecule has 0 bridgehead atoms. The first-order valence-electron chi connectivity index (χ1n) is 4.62. The van der Waals surface area contributed by atoms with Crippen LogP contribution in [0.4, 0.5) is 0 Å². The lowest BCUT2D eigenvalue weighted by atomic mass is 9.90. The van der Waals surface area contributed by atoms with Crippen LogP contribution in [-0.4, -0.2) is 24.9 Å². The molecule has 0 amide bonds. The number of rotatable bonds is 0. The smallest absolute Gasteiger partial charge is 0.153 e. The normalized spacial score (nSPS) is 27.1. The molecule has 0 aliphatic carbocycles. The highest BCUT2D eigenvalue weighted by atomic mass is 15.1. The summed E-state index contributed by atoms with van der Waals surface area (Å²) in [6.45, 7) is 0. The molecule has 2 heterocycles. The average molecular weight is 183 g/mol. The molecule has 0 saturated heterocycles. The van der Waals surface area contributed by atoms with Crippen LogP contribution in [0.5, 0.6) is 0 Å². The van der Waals surface area contributed by atoms with E-state index in [0.29, 0.717) is 0 Å². The fraction of sp³-hybridized carbons (Fsp3) is 0.182. The number of aliphatic imine (C=N–C) groups is 3. The predicted octanol–water partition coefficient (Wildman–Crippen LogP) is 1.64. The third-order valence-electron chi connectivity index (χ3n) is 2.58. The average Bonchev–Trinajstić information content (AvgIpc) is 2.29. The van der Waals surface area contributed by atoms with Gasteiger partial charge in [-0.3, -0.25) is 4.99 Å². The summed E-state index contributed by atoms with van der Waals surface area (Å²) in [5.74, 6) is 0.223. The van der Waals surface area contributed by atoms with Crippen LogP contribution < -0.4 is 0 Å². The van der Waals surface area contributed by atoms with Crippen molar-refractivity contribution in [1.29, 1.82) is 0 Å². The Labute approximate surface area is 81.9 Å². The SMILES string of the molecule is C1=NC=NC2N=Cc3ccccc3C12. The Morgan fingerprint density at radius 3 is 3.00 bits per heavy atom. The molecule has 2 aliphatic rings. The van der Waals surface area contributed by atoms with Gasteiger partial charge in [-0.2, -0.15) is 0 Å². The van der Waals surface area contributed by atoms with E-state index in [1.807, 2.05) is 24.6 Å². The van der Waals surface area contributed by atoms with Crippen molar-refractivity contribution in [3.63, 3.8) is 0 Å². The van der Waals surface area contributed by atoms with Crippen molar-refractivity contribution in [1.82, 2.24) is 0 Å². The van der Waals surface area contributed by atoms with Crippen molar-refractivity contribution in [2.75, 3.05) is 0 Å². The van der Waals surface area contributed by atoms with Crippen molar-refractivity contribution >= 4 is 18.8 Å². The predicted molar refractivity (Wildman–Crippen MR) is 57.5 cm³/mol. The van der Waals surface area contributed by atoms with Crippen molar-refractivity contribution in [3.05, 3.63) is 35.4 Å². The largest absolute Gasteiger partial charge is 0.265 e. The van der Waals surface area contributed by atoms with E-state index in [1.54, 1.807) is 6.34 Å². The minimum atomic E-state index is 0.00222. The van der Waals surface area contributed by atoms with E-state index in [0.717, 1.165) is 0 Å². The van der Waals surface area contributed by atoms with Gasteiger partial charge in [-0.15, -0.1) is 0 Å². The van der Waals surface area contributed by atoms with Gasteiger partial charge in [0, 0.05) is 12.4 Å². The Balaban J connectivity index is 2.15. The maximum absolute atomic E-state index is 4.38. The first-order chi connectivity index (χ1) is 6.95. The molecule has 0 N–H and O–H groups in total. The van der Waals surface area contributed by atoms with E-state index in [4.69, 9.17) is 0 Å². The van der Waals surface area contributed by atoms with E-state index in [1.165, 1.54) is 11.1 Å². The summed E-state index contributed by atoms with van der Waals surface area (Å²) in [6, 6.07) is 8.25. The molecule has 0 fully saturated rings. The molecule has 14 heavy (non-hydrogen) atoms. The molecule has 3 rings (SSSR count). The van der Waals surface area contributed by atoms with Gasteiger partial charge in [0.1, 0.15) is 6.34 Å². The molecule has 1 aromatic rings. The Morgan fingerprint density at radius 1 is 1.07 bits per heavy atom. The second-order valence-electron chi connectivity index (χ2n) is 3.41. The highest BCUT2D eigenvalue weighted by Crippen LogP contribution is 2.28. The maximum atomic E-state index is 4.38. The lowest BCUT2D eigenvalue weighted by Gasteiger charge is -2.24. The fourth-order valence-corrected chi connectivity index (χ4v) is 1.87. The Hall–Kier alpha value is -1.77. The molecule has 2 unspecified atom stereocenters. The van der Waals surface area contributed by atoms with Crippen LogP contribution in [0.2, 0.25) is 0 Å². The van der Waals surface area contributed by atoms with Crippen LogP contribution in [0.3, 0.4) is 0 Å². The molecule has 3 heteroatoms. The molecule has 0 saturated carbocycles. The van der Waals surface area contributed by atoms with E-state index >= 15 is 0 Å². The van der Waals surface area contributed by atoms with Gasteiger partial charge < -0.3 is 0 Å². The molecule has 2 aliphatic heterocycles. The fourth-order valence-electron chi connectivity index (χ4n) is 1.87. The van der Waals surface area contributed by atoms with Crippen molar-refractivity contribution < 1.29 is 0 Å². The molecule has 68 valence electrons. The summed E-state index contributed by atoms with van der Waals surface area (Å²) in [6.07, 6.45) is 5.40. The summed E-state index contributed by atoms with van der Waals surface area (Å²) in [4.78, 5) is 12.7. The number of nitrogens with zero attached hydrogens (tertiary/aromatic N) is 3. The minimum Gasteiger partial charge on any atom is -0.265 e. The van der Waals surface area contributed by atoms with Crippen LogP contribution in [0.15, 0.2) is 39.2 Å². The number of fused-ring (bicyclic) bond motifs is 3. The highest BCUT2D eigenvalue weighted by molar-refractivity contribution is 5.90. The van der Waals surface area contributed by atoms with Crippen molar-refractivity contribution in [3.8, 4) is 0 Å². The first-order valence-corrected chi connectivity index (χ1v) is 4.62. The van der Waals surface area contributed by atoms with Crippen molar-refractivity contribution in [2.24, 2.45) is 15.0 Å². The number of hydrogen-bond acceptors (Lipinski definition) is 3. The zero-order chi connectivity index (χ0) is 9.38. The van der Waals surface area contributed by atoms with E-state index < -0.39 is 0 Å². The van der Waals surface area contributed by atoms with Crippen LogP contribution in [0.25, 0.3) is 0 Å². The molecule has 0 radical (unpaired) electrons. The molecule has 1 aromatic carbocycles. The highest BCUT2D eigenvalue weighted by Gasteiger charge is 2.26. The van der Waals surface area contributed by atoms with Crippen LogP contribution in [0, 0.1) is 0 Å². The summed E-state index contributed by atoms with van der Waals surface area (Å²) in [7, 11) is 0. The van der Waals surface area contributed by atoms with Gasteiger partial charge in [-0.25, -0.2) is 9.98 Å². The third-order valence-corrected chi connectivity index (χ3v) is 2.58. The zero-order valence-corrected chi connectivity index (χ0v) is 7.54. The number of benzene rings is 1. The summed E-state index contributed by atoms with van der Waals surface area (Å²) in [5.41, 5.74) is 2.45. The van der Waals surface area contributed by atoms with Crippen LogP contribution >= 0.6 is 0 Å². The van der Waals surface area contributed by atoms with E-state index in [2.05, 4.69) is 27.1 Å². The van der Waals surface area contributed by atoms with Gasteiger partial charge in [-0.1, -0.05) is 24.3 Å². The minimum absolute atomic E-state index is 0.00222. The quantitative estimate of drug-likeness (QED) is 0.586. The van der Waals surface area contributed by atoms with Gasteiger partial charge in [0.05, 0.1) is 5.92 Å². The summed E-state index contributed by atoms with van der Waals surface area (Å²) >= 11 is 0. The Kier molecular flexibility index (Phi) is 1.56. The number of hydrogen-bond donors (Lipinski definition) is 0. The second kappa shape index (κ2) is 2.87. The van der Waals surface area contributed by atoms with Gasteiger partial charge in [0.2, 0.25) is 0 Å². The standard InChI is InChI=1S/C11H9N3/c1-2-4-9-8(3-1)5-13-11-10(9)6-12-7-14-11/h1-7,10-11H. The van der Waals surface area contributed by atoms with Crippen LogP contribution in [-0.2, 0) is 0 Å². The van der Waals surface area contributed by atoms with Gasteiger partial charge in [-0.05, 0) is 11.1 Å². The topological polar surface area (TPSA) is 37.1 Å². The third kappa shape index (κ3) is 1.02. The molecule has 3 nitrogen and oxygen atoms in total. The molecular weight excluding hydrogens is 174 g/mol. The van der Waals surface area contributed by atoms with Gasteiger partial charge in [0.25, 0.3) is 0 Å². The summed E-state index contributed by atoms with van der Waals surface area (Å²) in [5, 5.41) is 0. The maximum Gasteiger partial charge on any atom is 0.153 e. The van der Waals surface area contributed by atoms with Gasteiger partial charge >= 0.3 is 0 Å².